The van der Waals surface area contributed by atoms with E-state index in [-0.39, 0.29) is 12.5 Å². The Morgan fingerprint density at radius 1 is 0.862 bits per heavy atom. The van der Waals surface area contributed by atoms with Gasteiger partial charge in [-0.2, -0.15) is 0 Å². The van der Waals surface area contributed by atoms with Crippen molar-refractivity contribution in [1.29, 1.82) is 0 Å². The first-order valence-electron chi connectivity index (χ1n) is 9.20. The standard InChI is InChI=1S/C23H22ClNO4/c1-17-15-18(24)11-12-21(17)29-16-23(26)25-20-9-5-6-10-22(20)28-14-13-27-19-7-3-2-4-8-19/h2-12,15H,13-14,16H2,1H3,(H,25,26). The molecule has 0 aliphatic heterocycles. The Morgan fingerprint density at radius 3 is 2.38 bits per heavy atom. The second-order valence-electron chi connectivity index (χ2n) is 6.25. The van der Waals surface area contributed by atoms with Crippen molar-refractivity contribution in [2.75, 3.05) is 25.1 Å². The second-order valence-corrected chi connectivity index (χ2v) is 6.69. The molecule has 1 amide bonds. The number of aryl methyl sites for hydroxylation is 1. The van der Waals surface area contributed by atoms with Crippen LogP contribution in [0.5, 0.6) is 17.2 Å². The van der Waals surface area contributed by atoms with Crippen molar-refractivity contribution in [3.8, 4) is 17.2 Å². The van der Waals surface area contributed by atoms with Crippen LogP contribution in [-0.2, 0) is 4.79 Å². The van der Waals surface area contributed by atoms with Crippen molar-refractivity contribution >= 4 is 23.2 Å². The van der Waals surface area contributed by atoms with Crippen LogP contribution >= 0.6 is 11.6 Å². The van der Waals surface area contributed by atoms with E-state index < -0.39 is 0 Å². The molecule has 0 atom stereocenters. The molecule has 0 spiro atoms. The SMILES string of the molecule is Cc1cc(Cl)ccc1OCC(=O)Nc1ccccc1OCCOc1ccccc1. The Hall–Kier alpha value is -3.18. The highest BCUT2D eigenvalue weighted by atomic mass is 35.5. The largest absolute Gasteiger partial charge is 0.490 e. The van der Waals surface area contributed by atoms with E-state index in [0.717, 1.165) is 11.3 Å². The number of halogens is 1. The molecule has 0 saturated heterocycles. The van der Waals surface area contributed by atoms with Crippen LogP contribution in [0.3, 0.4) is 0 Å². The summed E-state index contributed by atoms with van der Waals surface area (Å²) in [5, 5.41) is 3.44. The molecule has 3 rings (SSSR count). The van der Waals surface area contributed by atoms with Gasteiger partial charge in [0.05, 0.1) is 5.69 Å². The van der Waals surface area contributed by atoms with Gasteiger partial charge in [-0.15, -0.1) is 0 Å². The van der Waals surface area contributed by atoms with Gasteiger partial charge in [-0.05, 0) is 55.0 Å². The molecular formula is C23H22ClNO4. The minimum Gasteiger partial charge on any atom is -0.490 e. The predicted octanol–water partition coefficient (Wildman–Crippen LogP) is 5.12. The van der Waals surface area contributed by atoms with Crippen molar-refractivity contribution < 1.29 is 19.0 Å². The maximum absolute atomic E-state index is 12.3. The summed E-state index contributed by atoms with van der Waals surface area (Å²) in [5.74, 6) is 1.69. The van der Waals surface area contributed by atoms with Gasteiger partial charge < -0.3 is 19.5 Å². The number of rotatable bonds is 9. The van der Waals surface area contributed by atoms with Crippen LogP contribution in [-0.4, -0.2) is 25.7 Å². The van der Waals surface area contributed by atoms with E-state index in [9.17, 15) is 4.79 Å². The van der Waals surface area contributed by atoms with Crippen LogP contribution in [0, 0.1) is 6.92 Å². The number of carbonyl (C=O) groups excluding carboxylic acids is 1. The van der Waals surface area contributed by atoms with Gasteiger partial charge in [0.2, 0.25) is 0 Å². The van der Waals surface area contributed by atoms with Crippen molar-refractivity contribution in [2.45, 2.75) is 6.92 Å². The van der Waals surface area contributed by atoms with E-state index in [1.807, 2.05) is 49.4 Å². The number of nitrogens with one attached hydrogen (secondary N) is 1. The third-order valence-corrected chi connectivity index (χ3v) is 4.24. The predicted molar refractivity (Wildman–Crippen MR) is 114 cm³/mol. The van der Waals surface area contributed by atoms with Crippen LogP contribution in [0.1, 0.15) is 5.56 Å². The molecule has 0 bridgehead atoms. The summed E-state index contributed by atoms with van der Waals surface area (Å²) in [6, 6.07) is 22.0. The summed E-state index contributed by atoms with van der Waals surface area (Å²) >= 11 is 5.93. The van der Waals surface area contributed by atoms with Crippen molar-refractivity contribution in [3.63, 3.8) is 0 Å². The Kier molecular flexibility index (Phi) is 7.36. The van der Waals surface area contributed by atoms with Gasteiger partial charge in [0.15, 0.2) is 6.61 Å². The summed E-state index contributed by atoms with van der Waals surface area (Å²) in [5.41, 5.74) is 1.45. The summed E-state index contributed by atoms with van der Waals surface area (Å²) in [6.07, 6.45) is 0. The molecule has 0 fully saturated rings. The van der Waals surface area contributed by atoms with Gasteiger partial charge in [-0.25, -0.2) is 0 Å². The molecule has 6 heteroatoms. The minimum absolute atomic E-state index is 0.117. The highest BCUT2D eigenvalue weighted by Gasteiger charge is 2.09. The summed E-state index contributed by atoms with van der Waals surface area (Å²) < 4.78 is 17.0. The van der Waals surface area contributed by atoms with Crippen LogP contribution in [0.15, 0.2) is 72.8 Å². The van der Waals surface area contributed by atoms with Crippen LogP contribution in [0.25, 0.3) is 0 Å². The van der Waals surface area contributed by atoms with Crippen LogP contribution in [0.4, 0.5) is 5.69 Å². The van der Waals surface area contributed by atoms with Crippen molar-refractivity contribution in [1.82, 2.24) is 0 Å². The first-order chi connectivity index (χ1) is 14.1. The van der Waals surface area contributed by atoms with E-state index >= 15 is 0 Å². The third kappa shape index (κ3) is 6.43. The fourth-order valence-electron chi connectivity index (χ4n) is 2.63. The van der Waals surface area contributed by atoms with Gasteiger partial charge in [-0.3, -0.25) is 4.79 Å². The molecule has 0 aliphatic rings. The molecular weight excluding hydrogens is 390 g/mol. The lowest BCUT2D eigenvalue weighted by Crippen LogP contribution is -2.21. The van der Waals surface area contributed by atoms with Crippen molar-refractivity contribution in [3.05, 3.63) is 83.4 Å². The van der Waals surface area contributed by atoms with Gasteiger partial charge in [0, 0.05) is 5.02 Å². The third-order valence-electron chi connectivity index (χ3n) is 4.01. The van der Waals surface area contributed by atoms with E-state index in [0.29, 0.717) is 35.4 Å². The quantitative estimate of drug-likeness (QED) is 0.496. The Bertz CT molecular complexity index is 947. The minimum atomic E-state index is -0.282. The second kappa shape index (κ2) is 10.4. The lowest BCUT2D eigenvalue weighted by atomic mass is 10.2. The Labute approximate surface area is 175 Å². The fourth-order valence-corrected chi connectivity index (χ4v) is 2.85. The lowest BCUT2D eigenvalue weighted by molar-refractivity contribution is -0.118. The van der Waals surface area contributed by atoms with E-state index in [1.165, 1.54) is 0 Å². The van der Waals surface area contributed by atoms with Gasteiger partial charge in [-0.1, -0.05) is 41.9 Å². The number of benzene rings is 3. The zero-order valence-electron chi connectivity index (χ0n) is 16.1. The molecule has 1 N–H and O–H groups in total. The number of anilines is 1. The Morgan fingerprint density at radius 2 is 1.59 bits per heavy atom. The molecule has 0 saturated carbocycles. The first-order valence-corrected chi connectivity index (χ1v) is 9.58. The number of amides is 1. The molecule has 3 aromatic carbocycles. The van der Waals surface area contributed by atoms with Gasteiger partial charge in [0.1, 0.15) is 30.5 Å². The monoisotopic (exact) mass is 411 g/mol. The van der Waals surface area contributed by atoms with E-state index in [2.05, 4.69) is 5.32 Å². The molecule has 0 aromatic heterocycles. The maximum atomic E-state index is 12.3. The molecule has 29 heavy (non-hydrogen) atoms. The molecule has 5 nitrogen and oxygen atoms in total. The highest BCUT2D eigenvalue weighted by Crippen LogP contribution is 2.24. The number of para-hydroxylation sites is 3. The molecule has 0 radical (unpaired) electrons. The number of carbonyl (C=O) groups is 1. The van der Waals surface area contributed by atoms with E-state index in [1.54, 1.807) is 30.3 Å². The molecule has 0 heterocycles. The number of hydrogen-bond acceptors (Lipinski definition) is 4. The zero-order chi connectivity index (χ0) is 20.5. The van der Waals surface area contributed by atoms with Gasteiger partial charge in [0.25, 0.3) is 5.91 Å². The highest BCUT2D eigenvalue weighted by molar-refractivity contribution is 6.30. The molecule has 0 unspecified atom stereocenters. The number of hydrogen-bond donors (Lipinski definition) is 1. The van der Waals surface area contributed by atoms with Crippen LogP contribution < -0.4 is 19.5 Å². The normalized spacial score (nSPS) is 10.3. The summed E-state index contributed by atoms with van der Waals surface area (Å²) in [7, 11) is 0. The lowest BCUT2D eigenvalue weighted by Gasteiger charge is -2.14. The fraction of sp³-hybridized carbons (Fsp3) is 0.174. The summed E-state index contributed by atoms with van der Waals surface area (Å²) in [6.45, 7) is 2.50. The smallest absolute Gasteiger partial charge is 0.262 e. The average molecular weight is 412 g/mol. The average Bonchev–Trinajstić information content (AvgIpc) is 2.72. The molecule has 0 aliphatic carbocycles. The van der Waals surface area contributed by atoms with Crippen molar-refractivity contribution in [2.24, 2.45) is 0 Å². The van der Waals surface area contributed by atoms with E-state index in [4.69, 9.17) is 25.8 Å². The number of ether oxygens (including phenoxy) is 3. The zero-order valence-corrected chi connectivity index (χ0v) is 16.8. The molecule has 150 valence electrons. The Balaban J connectivity index is 1.49. The van der Waals surface area contributed by atoms with Gasteiger partial charge >= 0.3 is 0 Å². The maximum Gasteiger partial charge on any atom is 0.262 e. The topological polar surface area (TPSA) is 56.8 Å². The molecule has 3 aromatic rings. The first kappa shape index (κ1) is 20.6. The van der Waals surface area contributed by atoms with Crippen LogP contribution in [0.2, 0.25) is 5.02 Å². The summed E-state index contributed by atoms with van der Waals surface area (Å²) in [4.78, 5) is 12.3.